The molecule has 2 atom stereocenters. The van der Waals surface area contributed by atoms with Crippen molar-refractivity contribution in [1.82, 2.24) is 9.97 Å². The van der Waals surface area contributed by atoms with E-state index in [1.165, 1.54) is 0 Å². The molecule has 0 N–H and O–H groups in total. The van der Waals surface area contributed by atoms with Crippen LogP contribution in [0.15, 0.2) is 18.6 Å². The SMILES string of the molecule is N#CC1CCCCC1Oc1cnccn1. The van der Waals surface area contributed by atoms with Gasteiger partial charge in [-0.1, -0.05) is 6.42 Å². The molecule has 1 aliphatic rings. The van der Waals surface area contributed by atoms with Crippen LogP contribution in [0.2, 0.25) is 0 Å². The zero-order valence-corrected chi connectivity index (χ0v) is 8.47. The Hall–Kier alpha value is -1.63. The normalized spacial score (nSPS) is 25.5. The van der Waals surface area contributed by atoms with Crippen LogP contribution >= 0.6 is 0 Å². The Labute approximate surface area is 88.9 Å². The van der Waals surface area contributed by atoms with E-state index in [1.807, 2.05) is 0 Å². The number of ether oxygens (including phenoxy) is 1. The fourth-order valence-corrected chi connectivity index (χ4v) is 1.89. The monoisotopic (exact) mass is 203 g/mol. The van der Waals surface area contributed by atoms with Gasteiger partial charge in [0, 0.05) is 12.4 Å². The van der Waals surface area contributed by atoms with Gasteiger partial charge in [-0.15, -0.1) is 0 Å². The first kappa shape index (κ1) is 9.91. The summed E-state index contributed by atoms with van der Waals surface area (Å²) in [6.45, 7) is 0. The summed E-state index contributed by atoms with van der Waals surface area (Å²) in [5, 5.41) is 8.97. The summed E-state index contributed by atoms with van der Waals surface area (Å²) in [4.78, 5) is 7.98. The van der Waals surface area contributed by atoms with E-state index in [2.05, 4.69) is 16.0 Å². The van der Waals surface area contributed by atoms with Crippen LogP contribution in [0.1, 0.15) is 25.7 Å². The molecule has 78 valence electrons. The van der Waals surface area contributed by atoms with Crippen LogP contribution in [0.4, 0.5) is 0 Å². The minimum atomic E-state index is -0.0135. The second-order valence-electron chi connectivity index (χ2n) is 3.72. The van der Waals surface area contributed by atoms with Gasteiger partial charge in [-0.2, -0.15) is 5.26 Å². The second-order valence-corrected chi connectivity index (χ2v) is 3.72. The van der Waals surface area contributed by atoms with Crippen molar-refractivity contribution in [3.8, 4) is 11.9 Å². The molecule has 1 aromatic heterocycles. The molecule has 1 aromatic rings. The van der Waals surface area contributed by atoms with Gasteiger partial charge in [-0.3, -0.25) is 4.98 Å². The summed E-state index contributed by atoms with van der Waals surface area (Å²) in [5.74, 6) is 0.519. The molecule has 4 nitrogen and oxygen atoms in total. The lowest BCUT2D eigenvalue weighted by molar-refractivity contribution is 0.114. The second kappa shape index (κ2) is 4.74. The van der Waals surface area contributed by atoms with E-state index < -0.39 is 0 Å². The zero-order chi connectivity index (χ0) is 10.5. The van der Waals surface area contributed by atoms with Crippen molar-refractivity contribution in [2.75, 3.05) is 0 Å². The van der Waals surface area contributed by atoms with Crippen LogP contribution in [0.25, 0.3) is 0 Å². The lowest BCUT2D eigenvalue weighted by Crippen LogP contribution is -2.29. The lowest BCUT2D eigenvalue weighted by atomic mass is 9.87. The van der Waals surface area contributed by atoms with Crippen LogP contribution in [-0.4, -0.2) is 16.1 Å². The molecule has 1 heterocycles. The van der Waals surface area contributed by atoms with Crippen molar-refractivity contribution in [2.45, 2.75) is 31.8 Å². The molecule has 1 aliphatic carbocycles. The Kier molecular flexibility index (Phi) is 3.13. The van der Waals surface area contributed by atoms with E-state index in [4.69, 9.17) is 10.00 Å². The molecule has 2 rings (SSSR count). The fourth-order valence-electron chi connectivity index (χ4n) is 1.89. The highest BCUT2D eigenvalue weighted by molar-refractivity contribution is 5.04. The van der Waals surface area contributed by atoms with E-state index in [1.54, 1.807) is 18.6 Å². The third-order valence-corrected chi connectivity index (χ3v) is 2.68. The molecule has 0 aliphatic heterocycles. The Morgan fingerprint density at radius 2 is 2.20 bits per heavy atom. The highest BCUT2D eigenvalue weighted by atomic mass is 16.5. The topological polar surface area (TPSA) is 58.8 Å². The molecule has 4 heteroatoms. The van der Waals surface area contributed by atoms with Crippen molar-refractivity contribution in [2.24, 2.45) is 5.92 Å². The Bertz CT molecular complexity index is 347. The number of rotatable bonds is 2. The van der Waals surface area contributed by atoms with Crippen LogP contribution in [-0.2, 0) is 0 Å². The van der Waals surface area contributed by atoms with Crippen molar-refractivity contribution >= 4 is 0 Å². The van der Waals surface area contributed by atoms with E-state index >= 15 is 0 Å². The quantitative estimate of drug-likeness (QED) is 0.737. The predicted molar refractivity (Wildman–Crippen MR) is 54.0 cm³/mol. The molecule has 0 radical (unpaired) electrons. The van der Waals surface area contributed by atoms with Gasteiger partial charge >= 0.3 is 0 Å². The Balaban J connectivity index is 2.01. The minimum absolute atomic E-state index is 0.000700. The third kappa shape index (κ3) is 2.44. The molecule has 0 aromatic carbocycles. The van der Waals surface area contributed by atoms with Crippen molar-refractivity contribution in [3.05, 3.63) is 18.6 Å². The van der Waals surface area contributed by atoms with Crippen LogP contribution < -0.4 is 4.74 Å². The van der Waals surface area contributed by atoms with Gasteiger partial charge in [-0.25, -0.2) is 4.98 Å². The predicted octanol–water partition coefficient (Wildman–Crippen LogP) is 1.94. The summed E-state index contributed by atoms with van der Waals surface area (Å²) in [6, 6.07) is 2.30. The third-order valence-electron chi connectivity index (χ3n) is 2.68. The summed E-state index contributed by atoms with van der Waals surface area (Å²) in [6.07, 6.45) is 8.90. The fraction of sp³-hybridized carbons (Fsp3) is 0.545. The van der Waals surface area contributed by atoms with Gasteiger partial charge in [0.1, 0.15) is 6.10 Å². The van der Waals surface area contributed by atoms with Gasteiger partial charge in [0.25, 0.3) is 0 Å². The standard InChI is InChI=1S/C11H13N3O/c12-7-9-3-1-2-4-10(9)15-11-8-13-5-6-14-11/h5-6,8-10H,1-4H2. The maximum Gasteiger partial charge on any atom is 0.232 e. The number of hydrogen-bond acceptors (Lipinski definition) is 4. The number of hydrogen-bond donors (Lipinski definition) is 0. The first-order valence-electron chi connectivity index (χ1n) is 5.22. The number of aromatic nitrogens is 2. The molecular formula is C11H13N3O. The van der Waals surface area contributed by atoms with Gasteiger partial charge < -0.3 is 4.74 Å². The van der Waals surface area contributed by atoms with Gasteiger partial charge in [0.05, 0.1) is 18.2 Å². The molecule has 2 unspecified atom stereocenters. The van der Waals surface area contributed by atoms with Crippen molar-refractivity contribution in [3.63, 3.8) is 0 Å². The molecule has 0 spiro atoms. The van der Waals surface area contributed by atoms with Crippen molar-refractivity contribution in [1.29, 1.82) is 5.26 Å². The van der Waals surface area contributed by atoms with Gasteiger partial charge in [-0.05, 0) is 19.3 Å². The molecule has 15 heavy (non-hydrogen) atoms. The van der Waals surface area contributed by atoms with E-state index in [0.717, 1.165) is 25.7 Å². The van der Waals surface area contributed by atoms with Gasteiger partial charge in [0.2, 0.25) is 5.88 Å². The van der Waals surface area contributed by atoms with E-state index in [9.17, 15) is 0 Å². The van der Waals surface area contributed by atoms with E-state index in [-0.39, 0.29) is 12.0 Å². The molecule has 0 bridgehead atoms. The maximum atomic E-state index is 8.97. The summed E-state index contributed by atoms with van der Waals surface area (Å²) in [5.41, 5.74) is 0. The molecule has 0 amide bonds. The highest BCUT2D eigenvalue weighted by Crippen LogP contribution is 2.26. The average molecular weight is 203 g/mol. The van der Waals surface area contributed by atoms with Crippen molar-refractivity contribution < 1.29 is 4.74 Å². The lowest BCUT2D eigenvalue weighted by Gasteiger charge is -2.26. The number of nitrogens with zero attached hydrogens (tertiary/aromatic N) is 3. The van der Waals surface area contributed by atoms with Crippen LogP contribution in [0.5, 0.6) is 5.88 Å². The van der Waals surface area contributed by atoms with E-state index in [0.29, 0.717) is 5.88 Å². The van der Waals surface area contributed by atoms with Crippen LogP contribution in [0.3, 0.4) is 0 Å². The van der Waals surface area contributed by atoms with Crippen LogP contribution in [0, 0.1) is 17.2 Å². The molecular weight excluding hydrogens is 190 g/mol. The Morgan fingerprint density at radius 3 is 2.93 bits per heavy atom. The number of nitriles is 1. The molecule has 1 fully saturated rings. The molecule has 0 saturated heterocycles. The largest absolute Gasteiger partial charge is 0.472 e. The average Bonchev–Trinajstić information content (AvgIpc) is 2.31. The highest BCUT2D eigenvalue weighted by Gasteiger charge is 2.26. The summed E-state index contributed by atoms with van der Waals surface area (Å²) in [7, 11) is 0. The zero-order valence-electron chi connectivity index (χ0n) is 8.47. The Morgan fingerprint density at radius 1 is 1.33 bits per heavy atom. The first-order chi connectivity index (χ1) is 7.40. The van der Waals surface area contributed by atoms with Gasteiger partial charge in [0.15, 0.2) is 0 Å². The maximum absolute atomic E-state index is 8.97. The first-order valence-corrected chi connectivity index (χ1v) is 5.22. The molecule has 1 saturated carbocycles. The minimum Gasteiger partial charge on any atom is -0.472 e. The summed E-state index contributed by atoms with van der Waals surface area (Å²) < 4.78 is 5.66. The summed E-state index contributed by atoms with van der Waals surface area (Å²) >= 11 is 0. The smallest absolute Gasteiger partial charge is 0.232 e.